The Morgan fingerprint density at radius 1 is 1.41 bits per heavy atom. The molecule has 2 rings (SSSR count). The van der Waals surface area contributed by atoms with E-state index in [1.807, 2.05) is 0 Å². The molecule has 1 aromatic rings. The third-order valence-corrected chi connectivity index (χ3v) is 2.97. The van der Waals surface area contributed by atoms with Crippen molar-refractivity contribution in [2.45, 2.75) is 18.9 Å². The van der Waals surface area contributed by atoms with Crippen LogP contribution in [0.5, 0.6) is 0 Å². The average Bonchev–Trinajstić information content (AvgIpc) is 2.73. The summed E-state index contributed by atoms with van der Waals surface area (Å²) in [5.41, 5.74) is 10.9. The van der Waals surface area contributed by atoms with Crippen molar-refractivity contribution < 1.29 is 13.6 Å². The number of amides is 1. The van der Waals surface area contributed by atoms with Gasteiger partial charge in [-0.05, 0) is 25.0 Å². The molecule has 1 aliphatic rings. The van der Waals surface area contributed by atoms with Crippen molar-refractivity contribution in [3.05, 3.63) is 23.8 Å². The fourth-order valence-electron chi connectivity index (χ4n) is 2.18. The molecule has 1 fully saturated rings. The highest BCUT2D eigenvalue weighted by Gasteiger charge is 2.32. The molecule has 0 saturated carbocycles. The van der Waals surface area contributed by atoms with Gasteiger partial charge >= 0.3 is 0 Å². The summed E-state index contributed by atoms with van der Waals surface area (Å²) in [7, 11) is 0. The fraction of sp³-hybridized carbons (Fsp3) is 0.364. The molecule has 92 valence electrons. The number of nitrogen functional groups attached to an aromatic ring is 1. The number of primary amides is 1. The Labute approximate surface area is 97.2 Å². The molecule has 0 bridgehead atoms. The number of halogens is 2. The smallest absolute Gasteiger partial charge is 0.240 e. The van der Waals surface area contributed by atoms with E-state index in [1.54, 1.807) is 0 Å². The number of carbonyl (C=O) groups is 1. The number of nitrogens with two attached hydrogens (primary N) is 2. The van der Waals surface area contributed by atoms with Gasteiger partial charge < -0.3 is 16.4 Å². The molecule has 1 heterocycles. The van der Waals surface area contributed by atoms with Crippen LogP contribution in [0.1, 0.15) is 12.8 Å². The maximum absolute atomic E-state index is 13.7. The zero-order chi connectivity index (χ0) is 12.6. The largest absolute Gasteiger partial charge is 0.397 e. The predicted molar refractivity (Wildman–Crippen MR) is 60.3 cm³/mol. The quantitative estimate of drug-likeness (QED) is 0.759. The van der Waals surface area contributed by atoms with Crippen LogP contribution in [-0.4, -0.2) is 18.5 Å². The summed E-state index contributed by atoms with van der Waals surface area (Å²) in [4.78, 5) is 12.7. The number of benzene rings is 1. The van der Waals surface area contributed by atoms with Crippen molar-refractivity contribution in [1.82, 2.24) is 0 Å². The Morgan fingerprint density at radius 2 is 2.12 bits per heavy atom. The highest BCUT2D eigenvalue weighted by molar-refractivity contribution is 5.86. The van der Waals surface area contributed by atoms with E-state index in [2.05, 4.69) is 0 Å². The van der Waals surface area contributed by atoms with Gasteiger partial charge in [0.1, 0.15) is 11.7 Å². The molecule has 1 saturated heterocycles. The second kappa shape index (κ2) is 4.20. The first-order valence-corrected chi connectivity index (χ1v) is 5.32. The summed E-state index contributed by atoms with van der Waals surface area (Å²) in [5, 5.41) is 0. The number of rotatable bonds is 2. The Bertz CT molecular complexity index is 464. The van der Waals surface area contributed by atoms with Crippen LogP contribution in [-0.2, 0) is 4.79 Å². The van der Waals surface area contributed by atoms with Crippen LogP contribution >= 0.6 is 0 Å². The molecule has 0 aliphatic carbocycles. The Balaban J connectivity index is 2.46. The van der Waals surface area contributed by atoms with Crippen LogP contribution in [0.25, 0.3) is 0 Å². The van der Waals surface area contributed by atoms with Crippen LogP contribution < -0.4 is 16.4 Å². The Hall–Kier alpha value is -1.85. The number of carbonyl (C=O) groups excluding carboxylic acids is 1. The van der Waals surface area contributed by atoms with Gasteiger partial charge in [-0.3, -0.25) is 4.79 Å². The molecule has 1 aliphatic heterocycles. The van der Waals surface area contributed by atoms with Crippen molar-refractivity contribution >= 4 is 17.3 Å². The lowest BCUT2D eigenvalue weighted by atomic mass is 10.1. The summed E-state index contributed by atoms with van der Waals surface area (Å²) in [6.45, 7) is 0.443. The molecule has 17 heavy (non-hydrogen) atoms. The Morgan fingerprint density at radius 3 is 2.76 bits per heavy atom. The van der Waals surface area contributed by atoms with Crippen molar-refractivity contribution in [2.75, 3.05) is 17.2 Å². The van der Waals surface area contributed by atoms with Gasteiger partial charge in [-0.1, -0.05) is 0 Å². The number of anilines is 2. The molecule has 4 nitrogen and oxygen atoms in total. The van der Waals surface area contributed by atoms with E-state index in [4.69, 9.17) is 11.5 Å². The SMILES string of the molecule is NC(=O)C1CCCN1c1c(N)ccc(F)c1F. The lowest BCUT2D eigenvalue weighted by molar-refractivity contribution is -0.119. The number of hydrogen-bond acceptors (Lipinski definition) is 3. The second-order valence-corrected chi connectivity index (χ2v) is 4.05. The molecule has 6 heteroatoms. The van der Waals surface area contributed by atoms with Crippen molar-refractivity contribution in [3.8, 4) is 0 Å². The average molecular weight is 241 g/mol. The minimum absolute atomic E-state index is 0.0636. The van der Waals surface area contributed by atoms with Crippen molar-refractivity contribution in [3.63, 3.8) is 0 Å². The number of nitrogens with zero attached hydrogens (tertiary/aromatic N) is 1. The molecule has 0 spiro atoms. The summed E-state index contributed by atoms with van der Waals surface area (Å²) < 4.78 is 26.9. The van der Waals surface area contributed by atoms with Crippen LogP contribution in [0, 0.1) is 11.6 Å². The molecule has 1 amide bonds. The van der Waals surface area contributed by atoms with Gasteiger partial charge in [-0.25, -0.2) is 8.78 Å². The molecule has 1 aromatic carbocycles. The molecule has 0 aromatic heterocycles. The second-order valence-electron chi connectivity index (χ2n) is 4.05. The van der Waals surface area contributed by atoms with Crippen LogP contribution in [0.2, 0.25) is 0 Å². The van der Waals surface area contributed by atoms with Crippen LogP contribution in [0.4, 0.5) is 20.2 Å². The molecule has 0 radical (unpaired) electrons. The topological polar surface area (TPSA) is 72.4 Å². The minimum atomic E-state index is -1.03. The lowest BCUT2D eigenvalue weighted by Crippen LogP contribution is -2.41. The first kappa shape index (κ1) is 11.6. The van der Waals surface area contributed by atoms with Gasteiger partial charge in [0.05, 0.1) is 5.69 Å². The summed E-state index contributed by atoms with van der Waals surface area (Å²) in [6, 6.07) is 1.63. The summed E-state index contributed by atoms with van der Waals surface area (Å²) in [6.07, 6.45) is 1.23. The minimum Gasteiger partial charge on any atom is -0.397 e. The first-order chi connectivity index (χ1) is 8.02. The Kier molecular flexibility index (Phi) is 2.87. The number of hydrogen-bond donors (Lipinski definition) is 2. The van der Waals surface area contributed by atoms with Crippen molar-refractivity contribution in [1.29, 1.82) is 0 Å². The van der Waals surface area contributed by atoms with E-state index in [0.717, 1.165) is 6.07 Å². The molecular formula is C11H13F2N3O. The van der Waals surface area contributed by atoms with Gasteiger partial charge in [0.15, 0.2) is 11.6 Å². The van der Waals surface area contributed by atoms with E-state index in [9.17, 15) is 13.6 Å². The maximum atomic E-state index is 13.7. The molecule has 1 unspecified atom stereocenters. The molecular weight excluding hydrogens is 228 g/mol. The monoisotopic (exact) mass is 241 g/mol. The maximum Gasteiger partial charge on any atom is 0.240 e. The lowest BCUT2D eigenvalue weighted by Gasteiger charge is -2.26. The highest BCUT2D eigenvalue weighted by atomic mass is 19.2. The van der Waals surface area contributed by atoms with E-state index >= 15 is 0 Å². The third kappa shape index (κ3) is 1.90. The predicted octanol–water partition coefficient (Wildman–Crippen LogP) is 1.00. The van der Waals surface area contributed by atoms with Gasteiger partial charge in [0.2, 0.25) is 5.91 Å². The zero-order valence-electron chi connectivity index (χ0n) is 9.12. The molecule has 1 atom stereocenters. The van der Waals surface area contributed by atoms with Crippen molar-refractivity contribution in [2.24, 2.45) is 5.73 Å². The van der Waals surface area contributed by atoms with Gasteiger partial charge in [0, 0.05) is 6.54 Å². The summed E-state index contributed by atoms with van der Waals surface area (Å²) >= 11 is 0. The van der Waals surface area contributed by atoms with Gasteiger partial charge in [0.25, 0.3) is 0 Å². The van der Waals surface area contributed by atoms with E-state index in [0.29, 0.717) is 19.4 Å². The highest BCUT2D eigenvalue weighted by Crippen LogP contribution is 2.33. The van der Waals surface area contributed by atoms with Crippen LogP contribution in [0.3, 0.4) is 0 Å². The normalized spacial score (nSPS) is 19.6. The van der Waals surface area contributed by atoms with E-state index in [1.165, 1.54) is 11.0 Å². The van der Waals surface area contributed by atoms with Gasteiger partial charge in [-0.15, -0.1) is 0 Å². The summed E-state index contributed by atoms with van der Waals surface area (Å²) in [5.74, 6) is -2.56. The van der Waals surface area contributed by atoms with E-state index in [-0.39, 0.29) is 11.4 Å². The molecule has 4 N–H and O–H groups in total. The standard InChI is InChI=1S/C11H13F2N3O/c12-6-3-4-7(14)10(9(6)13)16-5-1-2-8(16)11(15)17/h3-4,8H,1-2,5,14H2,(H2,15,17). The van der Waals surface area contributed by atoms with Gasteiger partial charge in [-0.2, -0.15) is 0 Å². The third-order valence-electron chi connectivity index (χ3n) is 2.97. The van der Waals surface area contributed by atoms with Crippen LogP contribution in [0.15, 0.2) is 12.1 Å². The zero-order valence-corrected chi connectivity index (χ0v) is 9.12. The fourth-order valence-corrected chi connectivity index (χ4v) is 2.18. The first-order valence-electron chi connectivity index (χ1n) is 5.32. The van der Waals surface area contributed by atoms with E-state index < -0.39 is 23.6 Å².